The smallest absolute Gasteiger partial charge is 0.303 e. The van der Waals surface area contributed by atoms with Crippen molar-refractivity contribution in [2.45, 2.75) is 46.1 Å². The van der Waals surface area contributed by atoms with Crippen LogP contribution in [0.1, 0.15) is 40.0 Å². The fourth-order valence-corrected chi connectivity index (χ4v) is 2.48. The predicted molar refractivity (Wildman–Crippen MR) is 71.8 cm³/mol. The number of hydrogen-bond donors (Lipinski definition) is 1. The fraction of sp³-hybridized carbons (Fsp3) is 0.857. The molecule has 1 amide bonds. The molecule has 2 atom stereocenters. The molecular weight excluding hydrogens is 246 g/mol. The number of ether oxygens (including phenoxy) is 1. The van der Waals surface area contributed by atoms with Gasteiger partial charge in [-0.1, -0.05) is 6.92 Å². The molecule has 1 rings (SSSR count). The molecule has 1 aliphatic heterocycles. The monoisotopic (exact) mass is 271 g/mol. The van der Waals surface area contributed by atoms with Gasteiger partial charge in [0.05, 0.1) is 0 Å². The molecule has 0 aromatic rings. The first-order chi connectivity index (χ1) is 8.93. The van der Waals surface area contributed by atoms with Gasteiger partial charge in [-0.05, 0) is 32.6 Å². The van der Waals surface area contributed by atoms with Crippen LogP contribution >= 0.6 is 0 Å². The van der Waals surface area contributed by atoms with Crippen LogP contribution in [0.5, 0.6) is 0 Å². The van der Waals surface area contributed by atoms with E-state index in [9.17, 15) is 9.59 Å². The maximum Gasteiger partial charge on any atom is 0.303 e. The molecule has 0 aliphatic carbocycles. The molecule has 1 saturated heterocycles. The van der Waals surface area contributed by atoms with Gasteiger partial charge < -0.3 is 14.7 Å². The van der Waals surface area contributed by atoms with Crippen LogP contribution in [0.4, 0.5) is 0 Å². The highest BCUT2D eigenvalue weighted by Crippen LogP contribution is 2.24. The van der Waals surface area contributed by atoms with E-state index in [1.807, 2.05) is 25.7 Å². The molecule has 2 unspecified atom stereocenters. The predicted octanol–water partition coefficient (Wildman–Crippen LogP) is 1.76. The van der Waals surface area contributed by atoms with Crippen LogP contribution in [0.15, 0.2) is 0 Å². The summed E-state index contributed by atoms with van der Waals surface area (Å²) in [6.07, 6.45) is 1.39. The summed E-state index contributed by atoms with van der Waals surface area (Å²) in [6, 6.07) is 0.108. The number of rotatable bonds is 6. The lowest BCUT2D eigenvalue weighted by Crippen LogP contribution is -2.45. The Hall–Kier alpha value is -1.10. The zero-order valence-corrected chi connectivity index (χ0v) is 12.1. The van der Waals surface area contributed by atoms with Gasteiger partial charge in [0, 0.05) is 38.1 Å². The van der Waals surface area contributed by atoms with Crippen molar-refractivity contribution in [3.8, 4) is 0 Å². The van der Waals surface area contributed by atoms with Crippen molar-refractivity contribution in [3.05, 3.63) is 0 Å². The van der Waals surface area contributed by atoms with Gasteiger partial charge >= 0.3 is 5.97 Å². The van der Waals surface area contributed by atoms with E-state index in [1.54, 1.807) is 0 Å². The van der Waals surface area contributed by atoms with Gasteiger partial charge in [0.2, 0.25) is 5.91 Å². The van der Waals surface area contributed by atoms with E-state index in [0.717, 1.165) is 6.42 Å². The summed E-state index contributed by atoms with van der Waals surface area (Å²) >= 11 is 0. The number of nitrogens with zero attached hydrogens (tertiary/aromatic N) is 1. The number of carbonyl (C=O) groups is 2. The van der Waals surface area contributed by atoms with Crippen LogP contribution in [-0.4, -0.2) is 47.7 Å². The van der Waals surface area contributed by atoms with E-state index in [1.165, 1.54) is 0 Å². The number of hydrogen-bond acceptors (Lipinski definition) is 3. The first-order valence-electron chi connectivity index (χ1n) is 7.03. The summed E-state index contributed by atoms with van der Waals surface area (Å²) in [6.45, 7) is 7.79. The number of carboxylic acids is 1. The standard InChI is InChI=1S/C14H25NO4/c1-10(2)15(7-4-5-13(16)17)14(18)12-6-8-19-9-11(12)3/h10-12H,4-9H2,1-3H3,(H,16,17). The topological polar surface area (TPSA) is 66.8 Å². The van der Waals surface area contributed by atoms with Crippen LogP contribution in [0.2, 0.25) is 0 Å². The Balaban J connectivity index is 2.58. The van der Waals surface area contributed by atoms with Crippen molar-refractivity contribution in [3.63, 3.8) is 0 Å². The average molecular weight is 271 g/mol. The van der Waals surface area contributed by atoms with Crippen molar-refractivity contribution in [2.24, 2.45) is 11.8 Å². The van der Waals surface area contributed by atoms with Gasteiger partial charge in [0.1, 0.15) is 0 Å². The van der Waals surface area contributed by atoms with Gasteiger partial charge in [-0.15, -0.1) is 0 Å². The van der Waals surface area contributed by atoms with Gasteiger partial charge in [-0.2, -0.15) is 0 Å². The lowest BCUT2D eigenvalue weighted by molar-refractivity contribution is -0.144. The Morgan fingerprint density at radius 2 is 2.11 bits per heavy atom. The highest BCUT2D eigenvalue weighted by atomic mass is 16.5. The number of aliphatic carboxylic acids is 1. The van der Waals surface area contributed by atoms with Crippen LogP contribution in [0.25, 0.3) is 0 Å². The van der Waals surface area contributed by atoms with Gasteiger partial charge in [0.25, 0.3) is 0 Å². The maximum absolute atomic E-state index is 12.5. The molecule has 19 heavy (non-hydrogen) atoms. The average Bonchev–Trinajstić information content (AvgIpc) is 2.33. The SMILES string of the molecule is CC1COCCC1C(=O)N(CCCC(=O)O)C(C)C. The van der Waals surface area contributed by atoms with E-state index < -0.39 is 5.97 Å². The van der Waals surface area contributed by atoms with Crippen LogP contribution in [-0.2, 0) is 14.3 Å². The fourth-order valence-electron chi connectivity index (χ4n) is 2.48. The third-order valence-corrected chi connectivity index (χ3v) is 3.65. The summed E-state index contributed by atoms with van der Waals surface area (Å²) in [5.74, 6) is -0.408. The molecule has 0 aromatic heterocycles. The Morgan fingerprint density at radius 3 is 2.63 bits per heavy atom. The third kappa shape index (κ3) is 4.82. The summed E-state index contributed by atoms with van der Waals surface area (Å²) in [5.41, 5.74) is 0. The first-order valence-corrected chi connectivity index (χ1v) is 7.03. The molecule has 1 N–H and O–H groups in total. The van der Waals surface area contributed by atoms with Gasteiger partial charge in [-0.25, -0.2) is 0 Å². The molecule has 110 valence electrons. The number of carboxylic acid groups (broad SMARTS) is 1. The second kappa shape index (κ2) is 7.48. The molecule has 1 fully saturated rings. The Labute approximate surface area is 114 Å². The lowest BCUT2D eigenvalue weighted by atomic mass is 9.88. The Morgan fingerprint density at radius 1 is 1.42 bits per heavy atom. The summed E-state index contributed by atoms with van der Waals surface area (Å²) in [5, 5.41) is 8.67. The Bertz CT molecular complexity index is 317. The van der Waals surface area contributed by atoms with Crippen LogP contribution < -0.4 is 0 Å². The van der Waals surface area contributed by atoms with E-state index in [0.29, 0.717) is 26.2 Å². The van der Waals surface area contributed by atoms with Crippen molar-refractivity contribution in [1.82, 2.24) is 4.90 Å². The zero-order valence-electron chi connectivity index (χ0n) is 12.1. The van der Waals surface area contributed by atoms with Gasteiger partial charge in [-0.3, -0.25) is 9.59 Å². The van der Waals surface area contributed by atoms with E-state index in [2.05, 4.69) is 0 Å². The molecule has 5 nitrogen and oxygen atoms in total. The quantitative estimate of drug-likeness (QED) is 0.799. The van der Waals surface area contributed by atoms with E-state index in [4.69, 9.17) is 9.84 Å². The molecule has 5 heteroatoms. The van der Waals surface area contributed by atoms with Gasteiger partial charge in [0.15, 0.2) is 0 Å². The summed E-state index contributed by atoms with van der Waals surface area (Å²) in [4.78, 5) is 24.9. The second-order valence-electron chi connectivity index (χ2n) is 5.57. The first kappa shape index (κ1) is 16.0. The van der Waals surface area contributed by atoms with Crippen molar-refractivity contribution in [1.29, 1.82) is 0 Å². The molecule has 0 bridgehead atoms. The normalized spacial score (nSPS) is 23.4. The van der Waals surface area contributed by atoms with Crippen LogP contribution in [0, 0.1) is 11.8 Å². The molecule has 0 saturated carbocycles. The summed E-state index contributed by atoms with van der Waals surface area (Å²) in [7, 11) is 0. The van der Waals surface area contributed by atoms with Crippen LogP contribution in [0.3, 0.4) is 0 Å². The van der Waals surface area contributed by atoms with Crippen molar-refractivity contribution >= 4 is 11.9 Å². The molecule has 0 spiro atoms. The summed E-state index contributed by atoms with van der Waals surface area (Å²) < 4.78 is 5.37. The highest BCUT2D eigenvalue weighted by Gasteiger charge is 2.32. The van der Waals surface area contributed by atoms with Crippen molar-refractivity contribution in [2.75, 3.05) is 19.8 Å². The third-order valence-electron chi connectivity index (χ3n) is 3.65. The minimum atomic E-state index is -0.810. The highest BCUT2D eigenvalue weighted by molar-refractivity contribution is 5.79. The largest absolute Gasteiger partial charge is 0.481 e. The maximum atomic E-state index is 12.5. The van der Waals surface area contributed by atoms with E-state index >= 15 is 0 Å². The second-order valence-corrected chi connectivity index (χ2v) is 5.57. The molecular formula is C14H25NO4. The molecule has 1 heterocycles. The number of carbonyl (C=O) groups excluding carboxylic acids is 1. The minimum Gasteiger partial charge on any atom is -0.481 e. The molecule has 1 aliphatic rings. The van der Waals surface area contributed by atoms with Crippen molar-refractivity contribution < 1.29 is 19.4 Å². The lowest BCUT2D eigenvalue weighted by Gasteiger charge is -2.35. The Kier molecular flexibility index (Phi) is 6.28. The minimum absolute atomic E-state index is 0.0148. The molecule has 0 aromatic carbocycles. The van der Waals surface area contributed by atoms with E-state index in [-0.39, 0.29) is 30.2 Å². The number of amides is 1. The molecule has 0 radical (unpaired) electrons. The zero-order chi connectivity index (χ0) is 14.4.